The lowest BCUT2D eigenvalue weighted by Gasteiger charge is -2.51. The first kappa shape index (κ1) is 67.8. The Bertz CT molecular complexity index is 2090. The highest BCUT2D eigenvalue weighted by Gasteiger charge is 2.60. The van der Waals surface area contributed by atoms with Crippen LogP contribution in [-0.2, 0) is 71.3 Å². The zero-order valence-electron chi connectivity index (χ0n) is 43.9. The predicted octanol–water partition coefficient (Wildman–Crippen LogP) is -14.5. The number of aliphatic carboxylic acids is 1. The van der Waals surface area contributed by atoms with Gasteiger partial charge in [0.15, 0.2) is 31.5 Å². The van der Waals surface area contributed by atoms with E-state index >= 15 is 0 Å². The van der Waals surface area contributed by atoms with Crippen LogP contribution >= 0.6 is 0 Å². The largest absolute Gasteiger partial charge is 0.477 e. The zero-order valence-corrected chi connectivity index (χ0v) is 43.9. The molecule has 0 bridgehead atoms. The third kappa shape index (κ3) is 14.7. The summed E-state index contributed by atoms with van der Waals surface area (Å²) in [5.41, 5.74) is 0. The highest BCUT2D eigenvalue weighted by atomic mass is 16.8. The molecule has 6 heterocycles. The second-order valence-electron chi connectivity index (χ2n) is 20.4. The fraction of sp³-hybridized carbons (Fsp3) is 0.911. The highest BCUT2D eigenvalue weighted by molar-refractivity contribution is 5.78. The number of hydrogen-bond donors (Lipinski definition) is 22. The Morgan fingerprint density at radius 1 is 0.537 bits per heavy atom. The molecule has 82 heavy (non-hydrogen) atoms. The molecule has 0 aliphatic carbocycles. The van der Waals surface area contributed by atoms with Crippen molar-refractivity contribution in [1.29, 1.82) is 0 Å². The molecule has 6 saturated heterocycles. The zero-order chi connectivity index (χ0) is 61.0. The molecule has 6 rings (SSSR count). The summed E-state index contributed by atoms with van der Waals surface area (Å²) in [6, 6.07) is -5.35. The Kier molecular flexibility index (Phi) is 23.9. The van der Waals surface area contributed by atoms with Crippen molar-refractivity contribution in [3.63, 3.8) is 0 Å². The standard InChI is InChI=1S/C45H75N3O34/c1-11-24(59)31(66)32(67)41(73-11)81-38-37(80-40-22(46-12(2)54)30(65)26(61)16(6-50)75-40)28(63)18(8-52)77-43(38)79-36-27(62)17(7-51)76-42(33(36)68)78-34-23(47-13(3)55)39(69)74-19(29(34)64)10-72-45(44(70)71)4-14(56)21(48-20(58)9-53)35(82-45)25(60)15(57)5-49/h11,14-19,21-43,49-53,56-57,59-69H,4-10H2,1-3H3,(H,46,54)(H,47,55)(H,48,58)(H,70,71)/t11-,14-,15+,16+,17+,18+,19+,21+,22+,23-,24+,25+,26-,27-,28-,29-,30+,31+,32-,33+,34+,35+,36-,37-,38+,39-,40+,41-,42-,43-,45+/m0/s1. The van der Waals surface area contributed by atoms with Crippen molar-refractivity contribution in [2.45, 2.75) is 217 Å². The Morgan fingerprint density at radius 3 is 1.62 bits per heavy atom. The summed E-state index contributed by atoms with van der Waals surface area (Å²) in [6.07, 6.45) is -56.2. The van der Waals surface area contributed by atoms with E-state index in [1.54, 1.807) is 0 Å². The molecular weight excluding hydrogens is 1130 g/mol. The van der Waals surface area contributed by atoms with Crippen LogP contribution in [-0.4, -0.2) is 350 Å². The van der Waals surface area contributed by atoms with Crippen LogP contribution < -0.4 is 16.0 Å². The first-order valence-electron chi connectivity index (χ1n) is 25.8. The summed E-state index contributed by atoms with van der Waals surface area (Å²) < 4.78 is 63.8. The molecule has 0 aromatic heterocycles. The fourth-order valence-electron chi connectivity index (χ4n) is 10.2. The first-order valence-corrected chi connectivity index (χ1v) is 25.8. The minimum Gasteiger partial charge on any atom is -0.477 e. The smallest absolute Gasteiger partial charge is 0.364 e. The first-order chi connectivity index (χ1) is 38.6. The third-order valence-electron chi connectivity index (χ3n) is 14.7. The molecule has 0 saturated carbocycles. The number of nitrogens with one attached hydrogen (secondary N) is 3. The topological polar surface area (TPSA) is 590 Å². The number of amides is 3. The summed E-state index contributed by atoms with van der Waals surface area (Å²) in [7, 11) is 0. The molecule has 0 aromatic carbocycles. The number of carboxylic acids is 1. The second-order valence-corrected chi connectivity index (χ2v) is 20.4. The molecule has 0 spiro atoms. The predicted molar refractivity (Wildman–Crippen MR) is 251 cm³/mol. The second kappa shape index (κ2) is 28.9. The minimum absolute atomic E-state index is 0.824. The summed E-state index contributed by atoms with van der Waals surface area (Å²) >= 11 is 0. The molecule has 37 nitrogen and oxygen atoms in total. The Balaban J connectivity index is 1.32. The van der Waals surface area contributed by atoms with Crippen LogP contribution in [0.5, 0.6) is 0 Å². The average Bonchev–Trinajstić information content (AvgIpc) is 3.63. The number of aliphatic hydroxyl groups is 18. The van der Waals surface area contributed by atoms with Crippen LogP contribution in [0.1, 0.15) is 27.2 Å². The highest BCUT2D eigenvalue weighted by Crippen LogP contribution is 2.39. The van der Waals surface area contributed by atoms with E-state index in [0.717, 1.165) is 13.8 Å². The normalized spacial score (nSPS) is 46.3. The van der Waals surface area contributed by atoms with Gasteiger partial charge in [0.05, 0.1) is 51.3 Å². The van der Waals surface area contributed by atoms with Crippen molar-refractivity contribution in [3.05, 3.63) is 0 Å². The van der Waals surface area contributed by atoms with Crippen molar-refractivity contribution in [1.82, 2.24) is 16.0 Å². The van der Waals surface area contributed by atoms with Crippen molar-refractivity contribution >= 4 is 23.7 Å². The molecule has 6 fully saturated rings. The van der Waals surface area contributed by atoms with Crippen molar-refractivity contribution < 1.29 is 168 Å². The maximum absolute atomic E-state index is 12.9. The van der Waals surface area contributed by atoms with Crippen LogP contribution in [0.4, 0.5) is 0 Å². The van der Waals surface area contributed by atoms with Gasteiger partial charge in [-0.25, -0.2) is 4.79 Å². The van der Waals surface area contributed by atoms with Gasteiger partial charge in [-0.15, -0.1) is 0 Å². The summed E-state index contributed by atoms with van der Waals surface area (Å²) in [4.78, 5) is 49.9. The van der Waals surface area contributed by atoms with Crippen molar-refractivity contribution in [2.75, 3.05) is 39.6 Å². The maximum Gasteiger partial charge on any atom is 0.364 e. The third-order valence-corrected chi connectivity index (χ3v) is 14.7. The van der Waals surface area contributed by atoms with Gasteiger partial charge < -0.3 is 165 Å². The van der Waals surface area contributed by atoms with Gasteiger partial charge in [0, 0.05) is 20.3 Å². The molecule has 37 heteroatoms. The van der Waals surface area contributed by atoms with Gasteiger partial charge in [-0.3, -0.25) is 14.4 Å². The monoisotopic (exact) mass is 1200 g/mol. The number of hydrogen-bond acceptors (Lipinski definition) is 33. The lowest BCUT2D eigenvalue weighted by atomic mass is 9.88. The average molecular weight is 1200 g/mol. The van der Waals surface area contributed by atoms with Crippen LogP contribution in [0.2, 0.25) is 0 Å². The SMILES string of the molecule is CC(=O)N[C@H]1[C@@H](O[C@H]2[C@@H](O)[C@@H](CO)O[C@@H](O[C@H]3[C@@H](O)[C@@H](CO)O[C@@H](O[C@H]4[C@@H](O)[C@@H](CO[C@]5(C(=O)O)C[C@H](O)[C@@H](NC(=O)CO)[C@H]([C@H](O)[C@H](O)CO)O5)O[C@H](O)[C@H]4NC(C)=O)[C@@H]3O)[C@@H]2O[C@@H]2O[C@@H](C)[C@@H](O)[C@@H](O)[C@@H]2O)O[C@H](CO)[C@H](O)[C@@H]1O. The van der Waals surface area contributed by atoms with E-state index in [4.69, 9.17) is 52.1 Å². The Morgan fingerprint density at radius 2 is 1.05 bits per heavy atom. The minimum atomic E-state index is -3.09. The number of carbonyl (C=O) groups excluding carboxylic acids is 3. The van der Waals surface area contributed by atoms with Gasteiger partial charge in [-0.05, 0) is 6.92 Å². The van der Waals surface area contributed by atoms with Gasteiger partial charge in [-0.2, -0.15) is 0 Å². The van der Waals surface area contributed by atoms with E-state index in [2.05, 4.69) is 16.0 Å². The van der Waals surface area contributed by atoms with E-state index in [1.807, 2.05) is 0 Å². The lowest BCUT2D eigenvalue weighted by Crippen LogP contribution is -2.70. The number of carboxylic acid groups (broad SMARTS) is 1. The molecule has 0 aromatic rings. The van der Waals surface area contributed by atoms with Crippen LogP contribution in [0.25, 0.3) is 0 Å². The summed E-state index contributed by atoms with van der Waals surface area (Å²) in [5, 5.41) is 212. The quantitative estimate of drug-likeness (QED) is 0.0479. The molecule has 3 amide bonds. The summed E-state index contributed by atoms with van der Waals surface area (Å²) in [5.74, 6) is -8.01. The van der Waals surface area contributed by atoms with Crippen molar-refractivity contribution in [3.8, 4) is 0 Å². The Hall–Kier alpha value is -3.28. The van der Waals surface area contributed by atoms with Crippen LogP contribution in [0, 0.1) is 0 Å². The number of rotatable bonds is 22. The molecule has 31 atom stereocenters. The van der Waals surface area contributed by atoms with Crippen LogP contribution in [0.15, 0.2) is 0 Å². The van der Waals surface area contributed by atoms with Crippen molar-refractivity contribution in [2.24, 2.45) is 0 Å². The van der Waals surface area contributed by atoms with E-state index < -0.39 is 259 Å². The fourth-order valence-corrected chi connectivity index (χ4v) is 10.2. The number of ether oxygens (including phenoxy) is 11. The van der Waals surface area contributed by atoms with Gasteiger partial charge in [-0.1, -0.05) is 0 Å². The van der Waals surface area contributed by atoms with Crippen LogP contribution in [0.3, 0.4) is 0 Å². The van der Waals surface area contributed by atoms with Gasteiger partial charge in [0.25, 0.3) is 5.79 Å². The van der Waals surface area contributed by atoms with Gasteiger partial charge >= 0.3 is 5.97 Å². The molecule has 6 aliphatic heterocycles. The molecular formula is C45H75N3O34. The van der Waals surface area contributed by atoms with E-state index in [9.17, 15) is 116 Å². The molecule has 0 radical (unpaired) electrons. The molecule has 6 aliphatic rings. The number of carbonyl (C=O) groups is 4. The molecule has 0 unspecified atom stereocenters. The van der Waals surface area contributed by atoms with E-state index in [-0.39, 0.29) is 0 Å². The molecule has 22 N–H and O–H groups in total. The molecule has 474 valence electrons. The van der Waals surface area contributed by atoms with E-state index in [0.29, 0.717) is 0 Å². The summed E-state index contributed by atoms with van der Waals surface area (Å²) in [6.45, 7) is -3.51. The van der Waals surface area contributed by atoms with E-state index in [1.165, 1.54) is 6.92 Å². The van der Waals surface area contributed by atoms with Gasteiger partial charge in [0.2, 0.25) is 17.7 Å². The maximum atomic E-state index is 12.9. The lowest BCUT2D eigenvalue weighted by molar-refractivity contribution is -0.404. The van der Waals surface area contributed by atoms with Gasteiger partial charge in [0.1, 0.15) is 141 Å². The Labute approximate surface area is 463 Å². The number of aliphatic hydroxyl groups excluding tert-OH is 18.